The van der Waals surface area contributed by atoms with E-state index in [9.17, 15) is 4.79 Å². The number of carbonyl (C=O) groups is 1. The van der Waals surface area contributed by atoms with Crippen LogP contribution in [0.4, 0.5) is 0 Å². The van der Waals surface area contributed by atoms with E-state index in [4.69, 9.17) is 0 Å². The van der Waals surface area contributed by atoms with Crippen molar-refractivity contribution in [1.82, 2.24) is 0 Å². The van der Waals surface area contributed by atoms with Gasteiger partial charge in [0.1, 0.15) is 0 Å². The van der Waals surface area contributed by atoms with Crippen molar-refractivity contribution in [2.75, 3.05) is 5.33 Å². The summed E-state index contributed by atoms with van der Waals surface area (Å²) in [6.07, 6.45) is 0.931. The van der Waals surface area contributed by atoms with Gasteiger partial charge in [-0.2, -0.15) is 0 Å². The lowest BCUT2D eigenvalue weighted by Crippen LogP contribution is -2.25. The third kappa shape index (κ3) is 1.11. The summed E-state index contributed by atoms with van der Waals surface area (Å²) in [6.45, 7) is 0. The summed E-state index contributed by atoms with van der Waals surface area (Å²) in [6, 6.07) is 8.15. The van der Waals surface area contributed by atoms with E-state index in [-0.39, 0.29) is 5.92 Å². The van der Waals surface area contributed by atoms with Gasteiger partial charge >= 0.3 is 0 Å². The van der Waals surface area contributed by atoms with E-state index in [1.807, 2.05) is 18.2 Å². The van der Waals surface area contributed by atoms with Crippen molar-refractivity contribution in [1.29, 1.82) is 0 Å². The van der Waals surface area contributed by atoms with Crippen LogP contribution in [0.1, 0.15) is 17.0 Å². The average Bonchev–Trinajstić information content (AvgIpc) is 2.07. The molecule has 0 spiro atoms. The predicted molar refractivity (Wildman–Crippen MR) is 51.7 cm³/mol. The van der Waals surface area contributed by atoms with Crippen LogP contribution >= 0.6 is 15.9 Å². The number of halogens is 1. The number of Topliss-reactive ketones (excluding diaryl/α,β-unsaturated/α-hetero) is 1. The molecule has 1 atom stereocenters. The van der Waals surface area contributed by atoms with E-state index in [1.165, 1.54) is 11.1 Å². The molecule has 0 N–H and O–H groups in total. The highest BCUT2D eigenvalue weighted by Crippen LogP contribution is 2.35. The highest BCUT2D eigenvalue weighted by molar-refractivity contribution is 9.09. The van der Waals surface area contributed by atoms with Crippen molar-refractivity contribution in [2.45, 2.75) is 12.3 Å². The number of hydrogen-bond acceptors (Lipinski definition) is 1. The zero-order valence-electron chi connectivity index (χ0n) is 6.59. The quantitative estimate of drug-likeness (QED) is 0.705. The SMILES string of the molecule is O=C(CBr)C1Cc2ccccc21. The Kier molecular flexibility index (Phi) is 2.01. The second-order valence-electron chi connectivity index (χ2n) is 3.06. The molecule has 1 aromatic carbocycles. The highest BCUT2D eigenvalue weighted by Gasteiger charge is 2.30. The Morgan fingerprint density at radius 3 is 2.92 bits per heavy atom. The number of fused-ring (bicyclic) bond motifs is 1. The lowest BCUT2D eigenvalue weighted by Gasteiger charge is -2.28. The molecule has 0 bridgehead atoms. The molecular formula is C10H9BrO. The summed E-state index contributed by atoms with van der Waals surface area (Å²) in [4.78, 5) is 11.3. The fraction of sp³-hybridized carbons (Fsp3) is 0.300. The molecule has 62 valence electrons. The molecule has 1 aromatic rings. The molecule has 1 aliphatic rings. The summed E-state index contributed by atoms with van der Waals surface area (Å²) in [5.74, 6) is 0.467. The Bertz CT molecular complexity index is 319. The fourth-order valence-corrected chi connectivity index (χ4v) is 2.03. The molecule has 0 amide bonds. The summed E-state index contributed by atoms with van der Waals surface area (Å²) in [7, 11) is 0. The first-order valence-corrected chi connectivity index (χ1v) is 5.11. The first kappa shape index (κ1) is 7.99. The molecule has 12 heavy (non-hydrogen) atoms. The van der Waals surface area contributed by atoms with Gasteiger partial charge in [0.15, 0.2) is 5.78 Å². The van der Waals surface area contributed by atoms with Crippen LogP contribution in [0.25, 0.3) is 0 Å². The molecule has 0 radical (unpaired) electrons. The van der Waals surface area contributed by atoms with Crippen molar-refractivity contribution in [3.05, 3.63) is 35.4 Å². The minimum absolute atomic E-state index is 0.167. The smallest absolute Gasteiger partial charge is 0.151 e. The topological polar surface area (TPSA) is 17.1 Å². The molecule has 0 aliphatic heterocycles. The van der Waals surface area contributed by atoms with E-state index < -0.39 is 0 Å². The molecule has 0 fully saturated rings. The Hall–Kier alpha value is -0.630. The maximum Gasteiger partial charge on any atom is 0.151 e. The van der Waals surface area contributed by atoms with Crippen LogP contribution in [0.2, 0.25) is 0 Å². The Labute approximate surface area is 79.9 Å². The second-order valence-corrected chi connectivity index (χ2v) is 3.62. The van der Waals surface area contributed by atoms with Crippen molar-refractivity contribution in [3.63, 3.8) is 0 Å². The van der Waals surface area contributed by atoms with E-state index in [1.54, 1.807) is 0 Å². The van der Waals surface area contributed by atoms with Crippen LogP contribution in [0.5, 0.6) is 0 Å². The van der Waals surface area contributed by atoms with Crippen LogP contribution in [0.15, 0.2) is 24.3 Å². The molecule has 0 heterocycles. The van der Waals surface area contributed by atoms with Crippen molar-refractivity contribution < 1.29 is 4.79 Å². The number of benzene rings is 1. The van der Waals surface area contributed by atoms with Crippen LogP contribution in [0, 0.1) is 0 Å². The van der Waals surface area contributed by atoms with E-state index in [2.05, 4.69) is 22.0 Å². The van der Waals surface area contributed by atoms with Gasteiger partial charge < -0.3 is 0 Å². The molecule has 0 aromatic heterocycles. The minimum Gasteiger partial charge on any atom is -0.298 e. The maximum atomic E-state index is 11.3. The second kappa shape index (κ2) is 3.02. The van der Waals surface area contributed by atoms with Crippen molar-refractivity contribution in [2.24, 2.45) is 0 Å². The van der Waals surface area contributed by atoms with E-state index in [0.29, 0.717) is 11.1 Å². The number of ketones is 1. The van der Waals surface area contributed by atoms with Gasteiger partial charge in [-0.25, -0.2) is 0 Å². The van der Waals surface area contributed by atoms with Crippen LogP contribution in [-0.2, 0) is 11.2 Å². The normalized spacial score (nSPS) is 19.6. The van der Waals surface area contributed by atoms with Gasteiger partial charge in [0.25, 0.3) is 0 Å². The largest absolute Gasteiger partial charge is 0.298 e. The maximum absolute atomic E-state index is 11.3. The van der Waals surface area contributed by atoms with Gasteiger partial charge in [0.2, 0.25) is 0 Å². The molecule has 1 unspecified atom stereocenters. The zero-order valence-corrected chi connectivity index (χ0v) is 8.17. The number of hydrogen-bond donors (Lipinski definition) is 0. The first-order valence-electron chi connectivity index (χ1n) is 3.99. The van der Waals surface area contributed by atoms with E-state index in [0.717, 1.165) is 6.42 Å². The summed E-state index contributed by atoms with van der Waals surface area (Å²) in [5, 5.41) is 0.478. The van der Waals surface area contributed by atoms with Gasteiger partial charge in [-0.1, -0.05) is 40.2 Å². The fourth-order valence-electron chi connectivity index (χ4n) is 1.64. The molecule has 1 aliphatic carbocycles. The predicted octanol–water partition coefficient (Wildman–Crippen LogP) is 2.29. The van der Waals surface area contributed by atoms with Gasteiger partial charge in [-0.05, 0) is 17.5 Å². The number of rotatable bonds is 2. The molecule has 2 heteroatoms. The molecule has 0 saturated heterocycles. The molecular weight excluding hydrogens is 216 g/mol. The van der Waals surface area contributed by atoms with Crippen LogP contribution < -0.4 is 0 Å². The summed E-state index contributed by atoms with van der Waals surface area (Å²) in [5.41, 5.74) is 2.55. The van der Waals surface area contributed by atoms with E-state index >= 15 is 0 Å². The first-order chi connectivity index (χ1) is 5.83. The Morgan fingerprint density at radius 1 is 1.50 bits per heavy atom. The summed E-state index contributed by atoms with van der Waals surface area (Å²) < 4.78 is 0. The number of carbonyl (C=O) groups excluding carboxylic acids is 1. The average molecular weight is 225 g/mol. The highest BCUT2D eigenvalue weighted by atomic mass is 79.9. The van der Waals surface area contributed by atoms with Crippen LogP contribution in [0.3, 0.4) is 0 Å². The van der Waals surface area contributed by atoms with Gasteiger partial charge in [0.05, 0.1) is 5.33 Å². The lowest BCUT2D eigenvalue weighted by atomic mass is 9.76. The monoisotopic (exact) mass is 224 g/mol. The zero-order chi connectivity index (χ0) is 8.55. The molecule has 0 saturated carbocycles. The molecule has 2 rings (SSSR count). The standard InChI is InChI=1S/C10H9BrO/c11-6-10(12)9-5-7-3-1-2-4-8(7)9/h1-4,9H,5-6H2. The lowest BCUT2D eigenvalue weighted by molar-refractivity contribution is -0.118. The van der Waals surface area contributed by atoms with Gasteiger partial charge in [0, 0.05) is 5.92 Å². The minimum atomic E-state index is 0.167. The van der Waals surface area contributed by atoms with Gasteiger partial charge in [-0.15, -0.1) is 0 Å². The van der Waals surface area contributed by atoms with Crippen molar-refractivity contribution in [3.8, 4) is 0 Å². The third-order valence-electron chi connectivity index (χ3n) is 2.37. The summed E-state index contributed by atoms with van der Waals surface area (Å²) >= 11 is 3.19. The Morgan fingerprint density at radius 2 is 2.25 bits per heavy atom. The Balaban J connectivity index is 2.25. The number of alkyl halides is 1. The molecule has 1 nitrogen and oxygen atoms in total. The van der Waals surface area contributed by atoms with Gasteiger partial charge in [-0.3, -0.25) is 4.79 Å². The van der Waals surface area contributed by atoms with Crippen LogP contribution in [-0.4, -0.2) is 11.1 Å². The van der Waals surface area contributed by atoms with Crippen molar-refractivity contribution >= 4 is 21.7 Å². The third-order valence-corrected chi connectivity index (χ3v) is 2.93.